The zero-order valence-corrected chi connectivity index (χ0v) is 14.9. The Morgan fingerprint density at radius 3 is 2.84 bits per heavy atom. The SMILES string of the molecule is COc1cccc(CN2CCN(Cc3nnc(C4CC4)o3)CC2C)n1. The van der Waals surface area contributed by atoms with E-state index in [0.29, 0.717) is 17.8 Å². The van der Waals surface area contributed by atoms with Crippen LogP contribution < -0.4 is 4.74 Å². The van der Waals surface area contributed by atoms with Gasteiger partial charge >= 0.3 is 0 Å². The smallest absolute Gasteiger partial charge is 0.230 e. The molecule has 25 heavy (non-hydrogen) atoms. The van der Waals surface area contributed by atoms with E-state index in [2.05, 4.69) is 38.0 Å². The van der Waals surface area contributed by atoms with Crippen molar-refractivity contribution >= 4 is 0 Å². The maximum atomic E-state index is 5.79. The standard InChI is InChI=1S/C18H25N5O2/c1-13-10-22(12-17-20-21-18(25-17)14-6-7-14)8-9-23(13)11-15-4-3-5-16(19-15)24-2/h3-5,13-14H,6-12H2,1-2H3. The monoisotopic (exact) mass is 343 g/mol. The third-order valence-corrected chi connectivity index (χ3v) is 4.97. The maximum Gasteiger partial charge on any atom is 0.230 e. The van der Waals surface area contributed by atoms with Gasteiger partial charge in [0.05, 0.1) is 19.3 Å². The van der Waals surface area contributed by atoms with Crippen LogP contribution >= 0.6 is 0 Å². The minimum atomic E-state index is 0.451. The number of pyridine rings is 1. The Morgan fingerprint density at radius 2 is 2.08 bits per heavy atom. The second kappa shape index (κ2) is 7.09. The fourth-order valence-corrected chi connectivity index (χ4v) is 3.33. The quantitative estimate of drug-likeness (QED) is 0.795. The van der Waals surface area contributed by atoms with E-state index in [4.69, 9.17) is 9.15 Å². The molecule has 1 saturated carbocycles. The van der Waals surface area contributed by atoms with Crippen LogP contribution in [0.4, 0.5) is 0 Å². The molecule has 0 spiro atoms. The molecule has 1 unspecified atom stereocenters. The molecule has 0 amide bonds. The molecule has 0 bridgehead atoms. The molecule has 1 aliphatic heterocycles. The summed E-state index contributed by atoms with van der Waals surface area (Å²) in [5, 5.41) is 8.38. The van der Waals surface area contributed by atoms with Gasteiger partial charge in [-0.15, -0.1) is 10.2 Å². The van der Waals surface area contributed by atoms with Crippen molar-refractivity contribution in [1.82, 2.24) is 25.0 Å². The summed E-state index contributed by atoms with van der Waals surface area (Å²) in [6.07, 6.45) is 2.38. The van der Waals surface area contributed by atoms with Gasteiger partial charge in [0.2, 0.25) is 17.7 Å². The van der Waals surface area contributed by atoms with Crippen LogP contribution in [0.25, 0.3) is 0 Å². The molecule has 4 rings (SSSR count). The minimum Gasteiger partial charge on any atom is -0.481 e. The largest absolute Gasteiger partial charge is 0.481 e. The lowest BCUT2D eigenvalue weighted by Crippen LogP contribution is -2.51. The summed E-state index contributed by atoms with van der Waals surface area (Å²) >= 11 is 0. The first kappa shape index (κ1) is 16.5. The van der Waals surface area contributed by atoms with Gasteiger partial charge in [0, 0.05) is 44.2 Å². The number of ether oxygens (including phenoxy) is 1. The van der Waals surface area contributed by atoms with Crippen molar-refractivity contribution in [1.29, 1.82) is 0 Å². The van der Waals surface area contributed by atoms with Gasteiger partial charge in [-0.2, -0.15) is 0 Å². The van der Waals surface area contributed by atoms with E-state index in [1.54, 1.807) is 7.11 Å². The van der Waals surface area contributed by atoms with Crippen LogP contribution in [0.5, 0.6) is 5.88 Å². The Hall–Kier alpha value is -1.99. The molecule has 134 valence electrons. The van der Waals surface area contributed by atoms with Gasteiger partial charge in [-0.25, -0.2) is 4.98 Å². The van der Waals surface area contributed by atoms with Crippen molar-refractivity contribution < 1.29 is 9.15 Å². The van der Waals surface area contributed by atoms with Gasteiger partial charge < -0.3 is 9.15 Å². The summed E-state index contributed by atoms with van der Waals surface area (Å²) in [5.41, 5.74) is 1.05. The summed E-state index contributed by atoms with van der Waals surface area (Å²) in [7, 11) is 1.65. The number of hydrogen-bond acceptors (Lipinski definition) is 7. The van der Waals surface area contributed by atoms with Crippen LogP contribution in [0.15, 0.2) is 22.6 Å². The van der Waals surface area contributed by atoms with E-state index in [1.807, 2.05) is 12.1 Å². The second-order valence-corrected chi connectivity index (χ2v) is 7.03. The molecule has 0 radical (unpaired) electrons. The highest BCUT2D eigenvalue weighted by Gasteiger charge is 2.30. The van der Waals surface area contributed by atoms with E-state index in [0.717, 1.165) is 50.2 Å². The van der Waals surface area contributed by atoms with Gasteiger partial charge in [-0.05, 0) is 25.8 Å². The third-order valence-electron chi connectivity index (χ3n) is 4.97. The topological polar surface area (TPSA) is 67.5 Å². The number of hydrogen-bond donors (Lipinski definition) is 0. The first-order chi connectivity index (χ1) is 12.2. The highest BCUT2D eigenvalue weighted by Crippen LogP contribution is 2.39. The van der Waals surface area contributed by atoms with Crippen molar-refractivity contribution in [2.45, 2.75) is 44.8 Å². The maximum absolute atomic E-state index is 5.79. The molecule has 2 aromatic rings. The molecule has 1 saturated heterocycles. The first-order valence-corrected chi connectivity index (χ1v) is 9.00. The van der Waals surface area contributed by atoms with E-state index in [-0.39, 0.29) is 0 Å². The first-order valence-electron chi connectivity index (χ1n) is 9.00. The van der Waals surface area contributed by atoms with Crippen molar-refractivity contribution in [2.24, 2.45) is 0 Å². The molecule has 3 heterocycles. The van der Waals surface area contributed by atoms with E-state index >= 15 is 0 Å². The lowest BCUT2D eigenvalue weighted by atomic mass is 10.1. The van der Waals surface area contributed by atoms with Crippen LogP contribution in [0.3, 0.4) is 0 Å². The highest BCUT2D eigenvalue weighted by molar-refractivity contribution is 5.15. The number of nitrogens with zero attached hydrogens (tertiary/aromatic N) is 5. The highest BCUT2D eigenvalue weighted by atomic mass is 16.5. The fourth-order valence-electron chi connectivity index (χ4n) is 3.33. The minimum absolute atomic E-state index is 0.451. The summed E-state index contributed by atoms with van der Waals surface area (Å²) in [4.78, 5) is 9.37. The Bertz CT molecular complexity index is 715. The number of piperazine rings is 1. The predicted molar refractivity (Wildman–Crippen MR) is 92.2 cm³/mol. The van der Waals surface area contributed by atoms with Gasteiger partial charge in [-0.3, -0.25) is 9.80 Å². The zero-order chi connectivity index (χ0) is 17.2. The number of rotatable bonds is 6. The average Bonchev–Trinajstić information content (AvgIpc) is 3.37. The summed E-state index contributed by atoms with van der Waals surface area (Å²) in [6, 6.07) is 6.38. The van der Waals surface area contributed by atoms with Gasteiger partial charge in [0.1, 0.15) is 0 Å². The van der Waals surface area contributed by atoms with Crippen LogP contribution in [0.2, 0.25) is 0 Å². The molecule has 2 fully saturated rings. The van der Waals surface area contributed by atoms with E-state index in [1.165, 1.54) is 12.8 Å². The molecule has 7 heteroatoms. The van der Waals surface area contributed by atoms with Crippen molar-refractivity contribution in [3.8, 4) is 5.88 Å². The van der Waals surface area contributed by atoms with Crippen LogP contribution in [0, 0.1) is 0 Å². The lowest BCUT2D eigenvalue weighted by Gasteiger charge is -2.39. The Kier molecular flexibility index (Phi) is 4.67. The molecule has 1 aliphatic carbocycles. The fraction of sp³-hybridized carbons (Fsp3) is 0.611. The zero-order valence-electron chi connectivity index (χ0n) is 14.9. The molecular formula is C18H25N5O2. The van der Waals surface area contributed by atoms with Gasteiger partial charge in [-0.1, -0.05) is 6.07 Å². The molecular weight excluding hydrogens is 318 g/mol. The average molecular weight is 343 g/mol. The molecule has 0 N–H and O–H groups in total. The third kappa shape index (κ3) is 3.99. The molecule has 2 aromatic heterocycles. The summed E-state index contributed by atoms with van der Waals surface area (Å²) in [5.74, 6) is 2.77. The van der Waals surface area contributed by atoms with E-state index < -0.39 is 0 Å². The predicted octanol–water partition coefficient (Wildman–Crippen LogP) is 2.06. The molecule has 1 atom stereocenters. The van der Waals surface area contributed by atoms with Crippen LogP contribution in [0.1, 0.15) is 43.2 Å². The van der Waals surface area contributed by atoms with Crippen molar-refractivity contribution in [2.75, 3.05) is 26.7 Å². The summed E-state index contributed by atoms with van der Waals surface area (Å²) in [6.45, 7) is 6.84. The molecule has 2 aliphatic rings. The molecule has 7 nitrogen and oxygen atoms in total. The Labute approximate surface area is 148 Å². The van der Waals surface area contributed by atoms with Gasteiger partial charge in [0.25, 0.3) is 0 Å². The van der Waals surface area contributed by atoms with Gasteiger partial charge in [0.15, 0.2) is 0 Å². The van der Waals surface area contributed by atoms with Crippen molar-refractivity contribution in [3.05, 3.63) is 35.7 Å². The number of methoxy groups -OCH3 is 1. The molecule has 0 aromatic carbocycles. The van der Waals surface area contributed by atoms with Crippen LogP contribution in [-0.2, 0) is 13.1 Å². The lowest BCUT2D eigenvalue weighted by molar-refractivity contribution is 0.0669. The number of aromatic nitrogens is 3. The summed E-state index contributed by atoms with van der Waals surface area (Å²) < 4.78 is 11.0. The Morgan fingerprint density at radius 1 is 1.20 bits per heavy atom. The van der Waals surface area contributed by atoms with Crippen molar-refractivity contribution in [3.63, 3.8) is 0 Å². The second-order valence-electron chi connectivity index (χ2n) is 7.03. The Balaban J connectivity index is 1.31. The van der Waals surface area contributed by atoms with Crippen LogP contribution in [-0.4, -0.2) is 57.8 Å². The normalized spacial score (nSPS) is 22.2. The van der Waals surface area contributed by atoms with E-state index in [9.17, 15) is 0 Å².